The number of amides is 1. The first-order chi connectivity index (χ1) is 8.60. The SMILES string of the molecule is CC(=O)NC1CCN(c2ccc(C#N)cc2Br)C1. The van der Waals surface area contributed by atoms with E-state index < -0.39 is 0 Å². The van der Waals surface area contributed by atoms with E-state index in [1.54, 1.807) is 6.92 Å². The Balaban J connectivity index is 2.10. The first-order valence-corrected chi connectivity index (χ1v) is 6.61. The molecule has 4 nitrogen and oxygen atoms in total. The molecule has 1 unspecified atom stereocenters. The first kappa shape index (κ1) is 12.9. The molecule has 1 atom stereocenters. The molecule has 1 aliphatic heterocycles. The lowest BCUT2D eigenvalue weighted by atomic mass is 10.2. The predicted molar refractivity (Wildman–Crippen MR) is 73.3 cm³/mol. The minimum atomic E-state index is 0.0146. The van der Waals surface area contributed by atoms with E-state index in [1.165, 1.54) is 0 Å². The van der Waals surface area contributed by atoms with E-state index in [-0.39, 0.29) is 11.9 Å². The number of hydrogen-bond donors (Lipinski definition) is 1. The van der Waals surface area contributed by atoms with Gasteiger partial charge >= 0.3 is 0 Å². The maximum absolute atomic E-state index is 11.0. The minimum absolute atomic E-state index is 0.0146. The lowest BCUT2D eigenvalue weighted by Crippen LogP contribution is -2.35. The number of halogens is 1. The number of anilines is 1. The van der Waals surface area contributed by atoms with Crippen LogP contribution in [-0.4, -0.2) is 25.0 Å². The van der Waals surface area contributed by atoms with Crippen molar-refractivity contribution < 1.29 is 4.79 Å². The fourth-order valence-electron chi connectivity index (χ4n) is 2.22. The number of nitriles is 1. The Morgan fingerprint density at radius 2 is 2.39 bits per heavy atom. The van der Waals surface area contributed by atoms with Crippen molar-refractivity contribution in [2.24, 2.45) is 0 Å². The van der Waals surface area contributed by atoms with Crippen LogP contribution in [0.1, 0.15) is 18.9 Å². The molecule has 1 aromatic carbocycles. The van der Waals surface area contributed by atoms with Crippen LogP contribution in [0.2, 0.25) is 0 Å². The molecule has 18 heavy (non-hydrogen) atoms. The Labute approximate surface area is 115 Å². The molecule has 0 bridgehead atoms. The highest BCUT2D eigenvalue weighted by atomic mass is 79.9. The van der Waals surface area contributed by atoms with Gasteiger partial charge < -0.3 is 10.2 Å². The van der Waals surface area contributed by atoms with Crippen LogP contribution in [0.4, 0.5) is 5.69 Å². The van der Waals surface area contributed by atoms with Gasteiger partial charge in [-0.25, -0.2) is 0 Å². The zero-order valence-electron chi connectivity index (χ0n) is 10.1. The lowest BCUT2D eigenvalue weighted by molar-refractivity contribution is -0.119. The van der Waals surface area contributed by atoms with Crippen LogP contribution in [0.5, 0.6) is 0 Å². The van der Waals surface area contributed by atoms with Crippen molar-refractivity contribution in [2.45, 2.75) is 19.4 Å². The first-order valence-electron chi connectivity index (χ1n) is 5.82. The van der Waals surface area contributed by atoms with Crippen molar-refractivity contribution in [1.29, 1.82) is 5.26 Å². The second-order valence-electron chi connectivity index (χ2n) is 4.41. The van der Waals surface area contributed by atoms with Crippen LogP contribution in [0.25, 0.3) is 0 Å². The van der Waals surface area contributed by atoms with Crippen molar-refractivity contribution in [1.82, 2.24) is 5.32 Å². The Kier molecular flexibility index (Phi) is 3.87. The molecule has 1 fully saturated rings. The standard InChI is InChI=1S/C13H14BrN3O/c1-9(18)16-11-4-5-17(8-11)13-3-2-10(7-15)6-12(13)14/h2-3,6,11H,4-5,8H2,1H3,(H,16,18). The summed E-state index contributed by atoms with van der Waals surface area (Å²) in [6.07, 6.45) is 0.950. The highest BCUT2D eigenvalue weighted by Gasteiger charge is 2.24. The molecule has 1 aliphatic rings. The number of nitrogens with zero attached hydrogens (tertiary/aromatic N) is 2. The molecule has 0 saturated carbocycles. The summed E-state index contributed by atoms with van der Waals surface area (Å²) in [6.45, 7) is 3.26. The number of hydrogen-bond acceptors (Lipinski definition) is 3. The summed E-state index contributed by atoms with van der Waals surface area (Å²) in [7, 11) is 0. The topological polar surface area (TPSA) is 56.1 Å². The molecule has 0 radical (unpaired) electrons. The Hall–Kier alpha value is -1.54. The summed E-state index contributed by atoms with van der Waals surface area (Å²) >= 11 is 3.49. The van der Waals surface area contributed by atoms with Crippen molar-refractivity contribution in [3.8, 4) is 6.07 Å². The van der Waals surface area contributed by atoms with Gasteiger partial charge in [-0.15, -0.1) is 0 Å². The summed E-state index contributed by atoms with van der Waals surface area (Å²) in [6, 6.07) is 7.90. The van der Waals surface area contributed by atoms with E-state index in [1.807, 2.05) is 18.2 Å². The number of nitrogens with one attached hydrogen (secondary N) is 1. The van der Waals surface area contributed by atoms with E-state index >= 15 is 0 Å². The molecule has 1 N–H and O–H groups in total. The molecule has 1 saturated heterocycles. The van der Waals surface area contributed by atoms with Crippen molar-refractivity contribution in [3.05, 3.63) is 28.2 Å². The molecule has 5 heteroatoms. The smallest absolute Gasteiger partial charge is 0.217 e. The second-order valence-corrected chi connectivity index (χ2v) is 5.26. The summed E-state index contributed by atoms with van der Waals surface area (Å²) in [4.78, 5) is 13.2. The summed E-state index contributed by atoms with van der Waals surface area (Å²) in [5.41, 5.74) is 1.71. The molecule has 1 amide bonds. The monoisotopic (exact) mass is 307 g/mol. The highest BCUT2D eigenvalue weighted by Crippen LogP contribution is 2.29. The van der Waals surface area contributed by atoms with Crippen LogP contribution < -0.4 is 10.2 Å². The molecular formula is C13H14BrN3O. The van der Waals surface area contributed by atoms with Crippen molar-refractivity contribution >= 4 is 27.5 Å². The summed E-state index contributed by atoms with van der Waals surface area (Å²) in [5, 5.41) is 11.8. The normalized spacial score (nSPS) is 18.5. The Morgan fingerprint density at radius 1 is 1.61 bits per heavy atom. The van der Waals surface area contributed by atoms with Crippen LogP contribution >= 0.6 is 15.9 Å². The van der Waals surface area contributed by atoms with Gasteiger partial charge in [-0.3, -0.25) is 4.79 Å². The molecule has 1 aromatic rings. The average molecular weight is 308 g/mol. The molecule has 94 valence electrons. The van der Waals surface area contributed by atoms with Gasteiger partial charge in [0, 0.05) is 30.5 Å². The lowest BCUT2D eigenvalue weighted by Gasteiger charge is -2.20. The van der Waals surface area contributed by atoms with Gasteiger partial charge in [0.05, 0.1) is 17.3 Å². The molecule has 0 spiro atoms. The second kappa shape index (κ2) is 5.40. The van der Waals surface area contributed by atoms with Gasteiger partial charge in [-0.05, 0) is 40.5 Å². The Bertz CT molecular complexity index is 509. The third kappa shape index (κ3) is 2.82. The van der Waals surface area contributed by atoms with Gasteiger partial charge in [0.1, 0.15) is 0 Å². The molecule has 0 aromatic heterocycles. The zero-order valence-corrected chi connectivity index (χ0v) is 11.7. The third-order valence-electron chi connectivity index (χ3n) is 3.01. The van der Waals surface area contributed by atoms with E-state index in [0.29, 0.717) is 5.56 Å². The quantitative estimate of drug-likeness (QED) is 0.909. The largest absolute Gasteiger partial charge is 0.368 e. The number of rotatable bonds is 2. The van der Waals surface area contributed by atoms with E-state index in [0.717, 1.165) is 29.7 Å². The van der Waals surface area contributed by atoms with Gasteiger partial charge in [-0.2, -0.15) is 5.26 Å². The predicted octanol–water partition coefficient (Wildman–Crippen LogP) is 2.04. The maximum Gasteiger partial charge on any atom is 0.217 e. The highest BCUT2D eigenvalue weighted by molar-refractivity contribution is 9.10. The van der Waals surface area contributed by atoms with E-state index in [2.05, 4.69) is 32.2 Å². The van der Waals surface area contributed by atoms with Gasteiger partial charge in [-0.1, -0.05) is 0 Å². The van der Waals surface area contributed by atoms with Crippen LogP contribution in [-0.2, 0) is 4.79 Å². The summed E-state index contributed by atoms with van der Waals surface area (Å²) < 4.78 is 0.921. The van der Waals surface area contributed by atoms with Crippen LogP contribution in [0.15, 0.2) is 22.7 Å². The molecule has 0 aliphatic carbocycles. The van der Waals surface area contributed by atoms with Crippen molar-refractivity contribution in [2.75, 3.05) is 18.0 Å². The average Bonchev–Trinajstić information content (AvgIpc) is 2.76. The number of carbonyl (C=O) groups is 1. The number of carbonyl (C=O) groups excluding carboxylic acids is 1. The third-order valence-corrected chi connectivity index (χ3v) is 3.65. The molecule has 1 heterocycles. The Morgan fingerprint density at radius 3 is 3.00 bits per heavy atom. The number of benzene rings is 1. The zero-order chi connectivity index (χ0) is 13.1. The van der Waals surface area contributed by atoms with E-state index in [9.17, 15) is 4.79 Å². The van der Waals surface area contributed by atoms with Gasteiger partial charge in [0.2, 0.25) is 5.91 Å². The maximum atomic E-state index is 11.0. The molecule has 2 rings (SSSR count). The van der Waals surface area contributed by atoms with Gasteiger partial charge in [0.15, 0.2) is 0 Å². The fourth-order valence-corrected chi connectivity index (χ4v) is 2.85. The fraction of sp³-hybridized carbons (Fsp3) is 0.385. The summed E-state index contributed by atoms with van der Waals surface area (Å²) in [5.74, 6) is 0.0146. The van der Waals surface area contributed by atoms with E-state index in [4.69, 9.17) is 5.26 Å². The molecular weight excluding hydrogens is 294 g/mol. The van der Waals surface area contributed by atoms with Crippen LogP contribution in [0.3, 0.4) is 0 Å². The van der Waals surface area contributed by atoms with Crippen molar-refractivity contribution in [3.63, 3.8) is 0 Å². The van der Waals surface area contributed by atoms with Gasteiger partial charge in [0.25, 0.3) is 0 Å². The minimum Gasteiger partial charge on any atom is -0.368 e. The van der Waals surface area contributed by atoms with Crippen LogP contribution in [0, 0.1) is 11.3 Å².